The van der Waals surface area contributed by atoms with Crippen LogP contribution in [-0.2, 0) is 4.74 Å². The zero-order chi connectivity index (χ0) is 12.7. The summed E-state index contributed by atoms with van der Waals surface area (Å²) in [5.74, 6) is 0.413. The van der Waals surface area contributed by atoms with Crippen LogP contribution < -0.4 is 5.32 Å². The maximum absolute atomic E-state index is 5.54. The molecule has 5 heteroatoms. The average Bonchev–Trinajstić information content (AvgIpc) is 2.78. The van der Waals surface area contributed by atoms with E-state index in [0.717, 1.165) is 25.3 Å². The summed E-state index contributed by atoms with van der Waals surface area (Å²) in [6.07, 6.45) is 1.12. The van der Waals surface area contributed by atoms with Gasteiger partial charge in [0.2, 0.25) is 0 Å². The van der Waals surface area contributed by atoms with E-state index in [2.05, 4.69) is 35.7 Å². The Hall–Kier alpha value is -0.520. The van der Waals surface area contributed by atoms with E-state index >= 15 is 0 Å². The first-order valence-corrected chi connectivity index (χ1v) is 7.11. The molecule has 1 aromatic rings. The second-order valence-corrected chi connectivity index (χ2v) is 5.13. The Bertz CT molecular complexity index is 306. The van der Waals surface area contributed by atoms with Crippen molar-refractivity contribution in [2.75, 3.05) is 19.8 Å². The van der Waals surface area contributed by atoms with Gasteiger partial charge in [-0.05, 0) is 37.3 Å². The summed E-state index contributed by atoms with van der Waals surface area (Å²) >= 11 is 1.48. The molecule has 0 aromatic carbocycles. The van der Waals surface area contributed by atoms with Crippen LogP contribution in [0.15, 0.2) is 0 Å². The Morgan fingerprint density at radius 1 is 1.35 bits per heavy atom. The fraction of sp³-hybridized carbons (Fsp3) is 0.833. The fourth-order valence-corrected chi connectivity index (χ4v) is 2.49. The highest BCUT2D eigenvalue weighted by molar-refractivity contribution is 7.05. The van der Waals surface area contributed by atoms with Gasteiger partial charge >= 0.3 is 0 Å². The Kier molecular flexibility index (Phi) is 6.62. The molecule has 0 fully saturated rings. The molecule has 1 rings (SSSR count). The smallest absolute Gasteiger partial charge is 0.0829 e. The van der Waals surface area contributed by atoms with Gasteiger partial charge in [-0.25, -0.2) is 0 Å². The van der Waals surface area contributed by atoms with Crippen molar-refractivity contribution in [3.63, 3.8) is 0 Å². The summed E-state index contributed by atoms with van der Waals surface area (Å²) in [6, 6.07) is 0.229. The lowest BCUT2D eigenvalue weighted by molar-refractivity contribution is 0.123. The van der Waals surface area contributed by atoms with Crippen LogP contribution in [0.25, 0.3) is 0 Å². The van der Waals surface area contributed by atoms with Crippen molar-refractivity contribution < 1.29 is 4.74 Å². The van der Waals surface area contributed by atoms with Gasteiger partial charge in [0, 0.05) is 6.61 Å². The third-order valence-corrected chi connectivity index (χ3v) is 3.39. The van der Waals surface area contributed by atoms with Gasteiger partial charge in [-0.3, -0.25) is 0 Å². The summed E-state index contributed by atoms with van der Waals surface area (Å²) in [5.41, 5.74) is 1.10. The highest BCUT2D eigenvalue weighted by Gasteiger charge is 2.20. The van der Waals surface area contributed by atoms with E-state index in [1.807, 2.05) is 6.92 Å². The van der Waals surface area contributed by atoms with Crippen molar-refractivity contribution in [1.29, 1.82) is 0 Å². The van der Waals surface area contributed by atoms with Gasteiger partial charge in [0.25, 0.3) is 0 Å². The van der Waals surface area contributed by atoms with Gasteiger partial charge in [0.05, 0.1) is 23.2 Å². The summed E-state index contributed by atoms with van der Waals surface area (Å²) in [5, 5.41) is 7.73. The molecule has 17 heavy (non-hydrogen) atoms. The highest BCUT2D eigenvalue weighted by atomic mass is 32.1. The first kappa shape index (κ1) is 14.5. The zero-order valence-electron chi connectivity index (χ0n) is 11.2. The number of rotatable bonds is 8. The molecule has 0 aliphatic carbocycles. The van der Waals surface area contributed by atoms with E-state index in [0.29, 0.717) is 12.5 Å². The molecular weight excluding hydrogens is 234 g/mol. The van der Waals surface area contributed by atoms with Gasteiger partial charge in [0.15, 0.2) is 0 Å². The Morgan fingerprint density at radius 2 is 2.12 bits per heavy atom. The standard InChI is InChI=1S/C12H23N3OS/c1-5-7-13-10(8-16-6-2)12-11(9(3)4)14-15-17-12/h9-10,13H,5-8H2,1-4H3. The lowest BCUT2D eigenvalue weighted by Gasteiger charge is -2.18. The number of nitrogens with zero attached hydrogens (tertiary/aromatic N) is 2. The maximum Gasteiger partial charge on any atom is 0.0829 e. The third kappa shape index (κ3) is 4.33. The molecule has 0 aliphatic heterocycles. The van der Waals surface area contributed by atoms with Crippen LogP contribution in [0.3, 0.4) is 0 Å². The molecule has 1 atom stereocenters. The van der Waals surface area contributed by atoms with Gasteiger partial charge in [0.1, 0.15) is 0 Å². The third-order valence-electron chi connectivity index (χ3n) is 2.53. The number of hydrogen-bond donors (Lipinski definition) is 1. The topological polar surface area (TPSA) is 47.0 Å². The van der Waals surface area contributed by atoms with Crippen LogP contribution >= 0.6 is 11.5 Å². The Morgan fingerprint density at radius 3 is 2.71 bits per heavy atom. The molecule has 0 saturated carbocycles. The molecule has 0 radical (unpaired) electrons. The van der Waals surface area contributed by atoms with Crippen LogP contribution in [0.5, 0.6) is 0 Å². The lowest BCUT2D eigenvalue weighted by atomic mass is 10.1. The van der Waals surface area contributed by atoms with Crippen molar-refractivity contribution in [1.82, 2.24) is 14.9 Å². The van der Waals surface area contributed by atoms with Crippen molar-refractivity contribution in [2.45, 2.75) is 46.1 Å². The van der Waals surface area contributed by atoms with E-state index in [4.69, 9.17) is 4.74 Å². The number of aromatic nitrogens is 2. The maximum atomic E-state index is 5.54. The number of hydrogen-bond acceptors (Lipinski definition) is 5. The quantitative estimate of drug-likeness (QED) is 0.778. The van der Waals surface area contributed by atoms with Crippen molar-refractivity contribution in [3.8, 4) is 0 Å². The van der Waals surface area contributed by atoms with Crippen LogP contribution in [0, 0.1) is 0 Å². The molecule has 0 amide bonds. The first-order chi connectivity index (χ1) is 8.20. The summed E-state index contributed by atoms with van der Waals surface area (Å²) < 4.78 is 9.62. The van der Waals surface area contributed by atoms with Crippen LogP contribution in [0.4, 0.5) is 0 Å². The minimum atomic E-state index is 0.229. The highest BCUT2D eigenvalue weighted by Crippen LogP contribution is 2.26. The first-order valence-electron chi connectivity index (χ1n) is 6.33. The number of ether oxygens (including phenoxy) is 1. The predicted molar refractivity (Wildman–Crippen MR) is 71.5 cm³/mol. The molecule has 1 unspecified atom stereocenters. The van der Waals surface area contributed by atoms with Crippen LogP contribution in [0.1, 0.15) is 56.6 Å². The monoisotopic (exact) mass is 257 g/mol. The zero-order valence-corrected chi connectivity index (χ0v) is 12.0. The Labute approximate surface area is 108 Å². The summed E-state index contributed by atoms with van der Waals surface area (Å²) in [6.45, 7) is 10.9. The SMILES string of the molecule is CCCNC(COCC)c1snnc1C(C)C. The largest absolute Gasteiger partial charge is 0.380 e. The molecule has 1 N–H and O–H groups in total. The van der Waals surface area contributed by atoms with E-state index < -0.39 is 0 Å². The molecule has 1 heterocycles. The van der Waals surface area contributed by atoms with Crippen molar-refractivity contribution >= 4 is 11.5 Å². The van der Waals surface area contributed by atoms with E-state index in [9.17, 15) is 0 Å². The molecule has 98 valence electrons. The van der Waals surface area contributed by atoms with Crippen molar-refractivity contribution in [2.24, 2.45) is 0 Å². The molecule has 0 spiro atoms. The van der Waals surface area contributed by atoms with Crippen LogP contribution in [-0.4, -0.2) is 29.3 Å². The number of nitrogens with one attached hydrogen (secondary N) is 1. The average molecular weight is 257 g/mol. The van der Waals surface area contributed by atoms with E-state index in [1.165, 1.54) is 16.4 Å². The summed E-state index contributed by atoms with van der Waals surface area (Å²) in [4.78, 5) is 1.22. The molecular formula is C12H23N3OS. The van der Waals surface area contributed by atoms with E-state index in [-0.39, 0.29) is 6.04 Å². The normalized spacial score (nSPS) is 13.2. The summed E-state index contributed by atoms with van der Waals surface area (Å²) in [7, 11) is 0. The molecule has 0 aliphatic rings. The molecule has 0 bridgehead atoms. The van der Waals surface area contributed by atoms with Gasteiger partial charge in [-0.1, -0.05) is 25.3 Å². The van der Waals surface area contributed by atoms with Gasteiger partial charge < -0.3 is 10.1 Å². The van der Waals surface area contributed by atoms with Crippen molar-refractivity contribution in [3.05, 3.63) is 10.6 Å². The molecule has 4 nitrogen and oxygen atoms in total. The van der Waals surface area contributed by atoms with E-state index in [1.54, 1.807) is 0 Å². The Balaban J connectivity index is 2.75. The molecule has 0 saturated heterocycles. The minimum absolute atomic E-state index is 0.229. The minimum Gasteiger partial charge on any atom is -0.380 e. The lowest BCUT2D eigenvalue weighted by Crippen LogP contribution is -2.26. The second kappa shape index (κ2) is 7.74. The predicted octanol–water partition coefficient (Wildman–Crippen LogP) is 2.74. The second-order valence-electron chi connectivity index (χ2n) is 4.34. The van der Waals surface area contributed by atoms with Gasteiger partial charge in [-0.15, -0.1) is 5.10 Å². The fourth-order valence-electron chi connectivity index (χ4n) is 1.63. The van der Waals surface area contributed by atoms with Crippen LogP contribution in [0.2, 0.25) is 0 Å². The van der Waals surface area contributed by atoms with Gasteiger partial charge in [-0.2, -0.15) is 0 Å². The molecule has 1 aromatic heterocycles.